The molecule has 1 aliphatic carbocycles. The molecule has 1 aliphatic rings. The van der Waals surface area contributed by atoms with Crippen LogP contribution in [0.25, 0.3) is 88.0 Å². The van der Waals surface area contributed by atoms with Gasteiger partial charge in [0.1, 0.15) is 0 Å². The molecule has 0 radical (unpaired) electrons. The third-order valence-corrected chi connectivity index (χ3v) is 13.1. The van der Waals surface area contributed by atoms with Gasteiger partial charge in [-0.2, -0.15) is 0 Å². The molecule has 2 heteroatoms. The fraction of sp³-hybridized carbons (Fsp3) is 0.0323. The van der Waals surface area contributed by atoms with Gasteiger partial charge < -0.3 is 9.47 Å². The number of benzene rings is 10. The summed E-state index contributed by atoms with van der Waals surface area (Å²) in [5.41, 5.74) is 16.8. The van der Waals surface area contributed by atoms with Gasteiger partial charge in [-0.25, -0.2) is 0 Å². The predicted molar refractivity (Wildman–Crippen MR) is 273 cm³/mol. The molecule has 0 aliphatic heterocycles. The highest BCUT2D eigenvalue weighted by atomic mass is 15.1. The van der Waals surface area contributed by atoms with Crippen LogP contribution in [0.5, 0.6) is 0 Å². The van der Waals surface area contributed by atoms with E-state index in [0.717, 1.165) is 29.9 Å². The number of hydrogen-bond donors (Lipinski definition) is 0. The van der Waals surface area contributed by atoms with Crippen LogP contribution in [0.2, 0.25) is 0 Å². The molecule has 302 valence electrons. The molecule has 0 unspecified atom stereocenters. The summed E-state index contributed by atoms with van der Waals surface area (Å²) in [5.74, 6) is 0. The number of hydrogen-bond acceptors (Lipinski definition) is 1. The highest BCUT2D eigenvalue weighted by Gasteiger charge is 2.21. The van der Waals surface area contributed by atoms with Crippen molar-refractivity contribution < 1.29 is 0 Å². The van der Waals surface area contributed by atoms with Crippen LogP contribution in [-0.4, -0.2) is 4.57 Å². The summed E-state index contributed by atoms with van der Waals surface area (Å²) >= 11 is 0. The van der Waals surface area contributed by atoms with Crippen molar-refractivity contribution in [2.75, 3.05) is 4.90 Å². The summed E-state index contributed by atoms with van der Waals surface area (Å²) in [6, 6.07) is 84.3. The Morgan fingerprint density at radius 1 is 0.359 bits per heavy atom. The fourth-order valence-corrected chi connectivity index (χ4v) is 9.99. The van der Waals surface area contributed by atoms with Crippen molar-refractivity contribution in [3.8, 4) is 33.4 Å². The SMILES string of the molecule is C1=C(c2ccc(N(c3ccc(-c4ccccc4)cc3)c3cc(-c4cc5ccccc5c5ccccc45)ccc3-c3ccccc3)cc2)CCC=C1n1c2ccccc2c2ccccc21. The standard InChI is InChI=1S/C62H44N2/c1-3-16-43(17-4-1)44-30-35-50(36-31-44)63(51-37-32-45(33-38-51)47-21-15-22-52(40-47)64-60-28-13-11-26-57(60)58-27-12-14-29-61(58)64)62-42-49(34-39-54(62)46-18-5-2-6-19-46)59-41-48-20-7-8-23-53(48)55-24-9-10-25-56(55)59/h1-14,16-20,22-42H,15,21H2. The number of para-hydroxylation sites is 2. The minimum Gasteiger partial charge on any atom is -0.310 e. The lowest BCUT2D eigenvalue weighted by Crippen LogP contribution is -2.11. The zero-order valence-electron chi connectivity index (χ0n) is 35.4. The minimum absolute atomic E-state index is 0.986. The van der Waals surface area contributed by atoms with Crippen molar-refractivity contribution in [1.29, 1.82) is 0 Å². The monoisotopic (exact) mass is 816 g/mol. The van der Waals surface area contributed by atoms with E-state index in [0.29, 0.717) is 0 Å². The first-order valence-electron chi connectivity index (χ1n) is 22.3. The highest BCUT2D eigenvalue weighted by molar-refractivity contribution is 6.14. The van der Waals surface area contributed by atoms with Crippen LogP contribution < -0.4 is 4.90 Å². The molecule has 0 N–H and O–H groups in total. The normalized spacial score (nSPS) is 12.8. The molecule has 0 saturated carbocycles. The molecule has 0 spiro atoms. The van der Waals surface area contributed by atoms with Crippen LogP contribution in [0, 0.1) is 0 Å². The number of allylic oxidation sites excluding steroid dienone is 4. The molecule has 0 bridgehead atoms. The summed E-state index contributed by atoms with van der Waals surface area (Å²) in [6.45, 7) is 0. The molecule has 1 heterocycles. The maximum Gasteiger partial charge on any atom is 0.0546 e. The molecule has 64 heavy (non-hydrogen) atoms. The van der Waals surface area contributed by atoms with E-state index < -0.39 is 0 Å². The zero-order chi connectivity index (χ0) is 42.4. The van der Waals surface area contributed by atoms with Crippen LogP contribution in [0.15, 0.2) is 243 Å². The van der Waals surface area contributed by atoms with E-state index in [-0.39, 0.29) is 0 Å². The number of nitrogens with zero attached hydrogens (tertiary/aromatic N) is 2. The molecule has 0 amide bonds. The van der Waals surface area contributed by atoms with Crippen LogP contribution in [0.3, 0.4) is 0 Å². The van der Waals surface area contributed by atoms with Crippen LogP contribution in [0.1, 0.15) is 18.4 Å². The quantitative estimate of drug-likeness (QED) is 0.139. The van der Waals surface area contributed by atoms with Crippen molar-refractivity contribution in [3.63, 3.8) is 0 Å². The van der Waals surface area contributed by atoms with Crippen LogP contribution >= 0.6 is 0 Å². The van der Waals surface area contributed by atoms with Gasteiger partial charge in [0, 0.05) is 33.4 Å². The first-order valence-corrected chi connectivity index (χ1v) is 22.3. The van der Waals surface area contributed by atoms with E-state index in [9.17, 15) is 0 Å². The third kappa shape index (κ3) is 6.60. The van der Waals surface area contributed by atoms with Gasteiger partial charge in [-0.1, -0.05) is 188 Å². The molecule has 1 aromatic heterocycles. The Morgan fingerprint density at radius 2 is 0.875 bits per heavy atom. The average Bonchev–Trinajstić information content (AvgIpc) is 3.72. The summed E-state index contributed by atoms with van der Waals surface area (Å²) in [5, 5.41) is 7.59. The Balaban J connectivity index is 1.01. The molecule has 12 rings (SSSR count). The van der Waals surface area contributed by atoms with Gasteiger partial charge in [0.2, 0.25) is 0 Å². The smallest absolute Gasteiger partial charge is 0.0546 e. The van der Waals surface area contributed by atoms with E-state index in [1.54, 1.807) is 0 Å². The number of rotatable bonds is 8. The first-order chi connectivity index (χ1) is 31.7. The number of fused-ring (bicyclic) bond motifs is 6. The highest BCUT2D eigenvalue weighted by Crippen LogP contribution is 2.46. The Kier molecular flexibility index (Phi) is 9.34. The molecule has 2 nitrogen and oxygen atoms in total. The Labute approximate surface area is 373 Å². The zero-order valence-corrected chi connectivity index (χ0v) is 35.4. The molecule has 0 fully saturated rings. The van der Waals surface area contributed by atoms with Gasteiger partial charge in [-0.15, -0.1) is 0 Å². The van der Waals surface area contributed by atoms with Gasteiger partial charge >= 0.3 is 0 Å². The van der Waals surface area contributed by atoms with Crippen molar-refractivity contribution in [1.82, 2.24) is 4.57 Å². The lowest BCUT2D eigenvalue weighted by molar-refractivity contribution is 1.04. The topological polar surface area (TPSA) is 8.17 Å². The Bertz CT molecular complexity index is 3520. The van der Waals surface area contributed by atoms with E-state index in [4.69, 9.17) is 0 Å². The minimum atomic E-state index is 0.986. The van der Waals surface area contributed by atoms with Gasteiger partial charge in [0.25, 0.3) is 0 Å². The second-order valence-electron chi connectivity index (χ2n) is 16.8. The summed E-state index contributed by atoms with van der Waals surface area (Å²) in [6.07, 6.45) is 6.78. The van der Waals surface area contributed by atoms with E-state index in [1.807, 2.05) is 0 Å². The maximum absolute atomic E-state index is 2.45. The lowest BCUT2D eigenvalue weighted by atomic mass is 9.91. The van der Waals surface area contributed by atoms with Gasteiger partial charge in [-0.3, -0.25) is 0 Å². The van der Waals surface area contributed by atoms with Crippen molar-refractivity contribution in [3.05, 3.63) is 248 Å². The lowest BCUT2D eigenvalue weighted by Gasteiger charge is -2.29. The summed E-state index contributed by atoms with van der Waals surface area (Å²) in [7, 11) is 0. The molecule has 10 aromatic carbocycles. The Morgan fingerprint density at radius 3 is 1.55 bits per heavy atom. The van der Waals surface area contributed by atoms with Gasteiger partial charge in [0.15, 0.2) is 0 Å². The van der Waals surface area contributed by atoms with E-state index in [1.165, 1.54) is 93.6 Å². The van der Waals surface area contributed by atoms with E-state index in [2.05, 4.69) is 252 Å². The maximum atomic E-state index is 2.45. The largest absolute Gasteiger partial charge is 0.310 e. The van der Waals surface area contributed by atoms with Gasteiger partial charge in [-0.05, 0) is 128 Å². The Hall–Kier alpha value is -8.20. The predicted octanol–water partition coefficient (Wildman–Crippen LogP) is 17.3. The fourth-order valence-electron chi connectivity index (χ4n) is 9.99. The van der Waals surface area contributed by atoms with Crippen molar-refractivity contribution in [2.24, 2.45) is 0 Å². The summed E-state index contributed by atoms with van der Waals surface area (Å²) < 4.78 is 2.44. The summed E-state index contributed by atoms with van der Waals surface area (Å²) in [4.78, 5) is 2.45. The van der Waals surface area contributed by atoms with Crippen LogP contribution in [-0.2, 0) is 0 Å². The third-order valence-electron chi connectivity index (χ3n) is 13.1. The first kappa shape index (κ1) is 37.6. The van der Waals surface area contributed by atoms with Crippen LogP contribution in [0.4, 0.5) is 17.1 Å². The average molecular weight is 817 g/mol. The van der Waals surface area contributed by atoms with Crippen molar-refractivity contribution >= 4 is 71.7 Å². The molecule has 0 atom stereocenters. The number of aromatic nitrogens is 1. The van der Waals surface area contributed by atoms with Gasteiger partial charge in [0.05, 0.1) is 16.7 Å². The van der Waals surface area contributed by atoms with Crippen molar-refractivity contribution in [2.45, 2.75) is 12.8 Å². The number of anilines is 3. The second-order valence-corrected chi connectivity index (χ2v) is 16.8. The molecule has 0 saturated heterocycles. The molecule has 11 aromatic rings. The van der Waals surface area contributed by atoms with E-state index >= 15 is 0 Å². The molecular weight excluding hydrogens is 773 g/mol. The molecular formula is C62H44N2. The second kappa shape index (κ2) is 15.9.